The Hall–Kier alpha value is -4.73. The van der Waals surface area contributed by atoms with Crippen LogP contribution in [0.25, 0.3) is 17.2 Å². The predicted octanol–water partition coefficient (Wildman–Crippen LogP) is 9.59. The van der Waals surface area contributed by atoms with E-state index in [-0.39, 0.29) is 25.4 Å². The van der Waals surface area contributed by atoms with Crippen molar-refractivity contribution < 1.29 is 46.1 Å². The lowest BCUT2D eigenvalue weighted by atomic mass is 9.92. The zero-order chi connectivity index (χ0) is 32.6. The third-order valence-corrected chi connectivity index (χ3v) is 7.20. The Bertz CT molecular complexity index is 1610. The number of rotatable bonds is 13. The van der Waals surface area contributed by atoms with Gasteiger partial charge in [-0.15, -0.1) is 0 Å². The van der Waals surface area contributed by atoms with Crippen LogP contribution in [-0.4, -0.2) is 16.2 Å². The van der Waals surface area contributed by atoms with Crippen molar-refractivity contribution in [2.75, 3.05) is 0 Å². The van der Waals surface area contributed by atoms with Gasteiger partial charge in [0.25, 0.3) is 0 Å². The fourth-order valence-corrected chi connectivity index (χ4v) is 4.81. The van der Waals surface area contributed by atoms with E-state index in [1.54, 1.807) is 36.4 Å². The highest BCUT2D eigenvalue weighted by Crippen LogP contribution is 2.32. The van der Waals surface area contributed by atoms with E-state index in [2.05, 4.69) is 0 Å². The minimum atomic E-state index is -4.41. The molecule has 4 nitrogen and oxygen atoms in total. The van der Waals surface area contributed by atoms with Crippen LogP contribution >= 0.6 is 0 Å². The summed E-state index contributed by atoms with van der Waals surface area (Å²) < 4.78 is 86.7. The van der Waals surface area contributed by atoms with E-state index in [0.29, 0.717) is 41.7 Å². The fourth-order valence-electron chi connectivity index (χ4n) is 4.81. The summed E-state index contributed by atoms with van der Waals surface area (Å²) in [5.74, 6) is -4.62. The molecule has 10 heteroatoms. The van der Waals surface area contributed by atoms with Gasteiger partial charge in [-0.1, -0.05) is 55.0 Å². The first-order chi connectivity index (χ1) is 21.4. The number of carboxylic acids is 1. The van der Waals surface area contributed by atoms with Crippen molar-refractivity contribution >= 4 is 12.0 Å². The summed E-state index contributed by atoms with van der Waals surface area (Å²) in [7, 11) is 0. The first kappa shape index (κ1) is 33.2. The Labute approximate surface area is 256 Å². The number of unbranched alkanes of at least 4 members (excludes halogenated alkanes) is 1. The Morgan fingerprint density at radius 2 is 1.44 bits per heavy atom. The number of benzene rings is 4. The zero-order valence-corrected chi connectivity index (χ0v) is 24.0. The third-order valence-electron chi connectivity index (χ3n) is 7.20. The van der Waals surface area contributed by atoms with E-state index >= 15 is 0 Å². The summed E-state index contributed by atoms with van der Waals surface area (Å²) >= 11 is 0. The van der Waals surface area contributed by atoms with Crippen molar-refractivity contribution in [1.29, 1.82) is 0 Å². The topological polar surface area (TPSA) is 66.8 Å². The number of phenolic OH excluding ortho intramolecular Hbond substituents is 1. The molecule has 0 saturated carbocycles. The van der Waals surface area contributed by atoms with Gasteiger partial charge >= 0.3 is 12.1 Å². The Morgan fingerprint density at radius 1 is 0.822 bits per heavy atom. The van der Waals surface area contributed by atoms with E-state index in [9.17, 15) is 36.2 Å². The van der Waals surface area contributed by atoms with Gasteiger partial charge in [0.1, 0.15) is 18.2 Å². The molecule has 0 radical (unpaired) electrons. The lowest BCUT2D eigenvalue weighted by Gasteiger charge is -2.15. The second kappa shape index (κ2) is 14.8. The molecule has 0 heterocycles. The van der Waals surface area contributed by atoms with E-state index in [1.165, 1.54) is 30.3 Å². The number of alkyl halides is 3. The molecule has 0 aliphatic carbocycles. The highest BCUT2D eigenvalue weighted by atomic mass is 19.4. The first-order valence-corrected chi connectivity index (χ1v) is 14.1. The number of halogens is 6. The van der Waals surface area contributed by atoms with Gasteiger partial charge in [0.15, 0.2) is 17.4 Å². The summed E-state index contributed by atoms with van der Waals surface area (Å²) in [6.45, 7) is 0.116. The molecule has 4 rings (SSSR count). The van der Waals surface area contributed by atoms with Gasteiger partial charge in [-0.3, -0.25) is 4.79 Å². The Balaban J connectivity index is 1.47. The van der Waals surface area contributed by atoms with Gasteiger partial charge in [0.2, 0.25) is 0 Å². The molecule has 4 aromatic rings. The molecular formula is C35H30F6O4. The van der Waals surface area contributed by atoms with Crippen LogP contribution in [0.2, 0.25) is 0 Å². The molecule has 0 bridgehead atoms. The monoisotopic (exact) mass is 628 g/mol. The molecule has 1 unspecified atom stereocenters. The quantitative estimate of drug-likeness (QED) is 0.114. The maximum Gasteiger partial charge on any atom is 0.416 e. The van der Waals surface area contributed by atoms with E-state index in [0.717, 1.165) is 35.4 Å². The number of ether oxygens (including phenoxy) is 1. The number of hydrogen-bond donors (Lipinski definition) is 2. The second-order valence-electron chi connectivity index (χ2n) is 10.6. The standard InChI is InChI=1S/C35H30F6O4/c36-29-15-16-32(45-21-23-6-8-25(9-7-23)26-11-13-28(14-12-26)35(39,40)41)27(20-29)10-5-22(3-1-2-4-33(42)43)17-24-18-30(37)34(44)31(38)19-24/h5-16,18-20,22,44H,1-4,17,21H2,(H,42,43)/b10-5+. The molecule has 0 aliphatic heterocycles. The van der Waals surface area contributed by atoms with Gasteiger partial charge in [-0.25, -0.2) is 13.2 Å². The molecule has 0 spiro atoms. The smallest absolute Gasteiger partial charge is 0.416 e. The minimum Gasteiger partial charge on any atom is -0.503 e. The maximum atomic E-state index is 14.2. The molecule has 0 amide bonds. The van der Waals surface area contributed by atoms with E-state index < -0.39 is 40.9 Å². The lowest BCUT2D eigenvalue weighted by Crippen LogP contribution is -2.04. The van der Waals surface area contributed by atoms with Crippen molar-refractivity contribution in [3.05, 3.63) is 125 Å². The molecule has 1 atom stereocenters. The number of aromatic hydroxyl groups is 1. The van der Waals surface area contributed by atoms with Gasteiger partial charge in [-0.05, 0) is 89.9 Å². The zero-order valence-electron chi connectivity index (χ0n) is 24.0. The molecular weight excluding hydrogens is 598 g/mol. The van der Waals surface area contributed by atoms with Crippen molar-refractivity contribution in [3.8, 4) is 22.6 Å². The number of aliphatic carboxylic acids is 1. The predicted molar refractivity (Wildman–Crippen MR) is 158 cm³/mol. The third kappa shape index (κ3) is 9.63. The molecule has 236 valence electrons. The minimum absolute atomic E-state index is 0.0217. The molecule has 2 N–H and O–H groups in total. The molecule has 0 fully saturated rings. The highest BCUT2D eigenvalue weighted by Gasteiger charge is 2.30. The van der Waals surface area contributed by atoms with Gasteiger partial charge in [-0.2, -0.15) is 13.2 Å². The normalized spacial score (nSPS) is 12.4. The van der Waals surface area contributed by atoms with Crippen LogP contribution in [0.1, 0.15) is 47.9 Å². The number of hydrogen-bond acceptors (Lipinski definition) is 3. The second-order valence-corrected chi connectivity index (χ2v) is 10.6. The van der Waals surface area contributed by atoms with E-state index in [4.69, 9.17) is 9.84 Å². The molecule has 0 aliphatic rings. The number of allylic oxidation sites excluding steroid dienone is 1. The van der Waals surface area contributed by atoms with Gasteiger partial charge < -0.3 is 14.9 Å². The van der Waals surface area contributed by atoms with Crippen LogP contribution in [0.15, 0.2) is 84.9 Å². The summed E-state index contributed by atoms with van der Waals surface area (Å²) in [5, 5.41) is 18.4. The van der Waals surface area contributed by atoms with E-state index in [1.807, 2.05) is 0 Å². The number of carboxylic acid groups (broad SMARTS) is 1. The van der Waals surface area contributed by atoms with Crippen molar-refractivity contribution in [2.24, 2.45) is 5.92 Å². The van der Waals surface area contributed by atoms with Crippen LogP contribution in [0.4, 0.5) is 26.3 Å². The average molecular weight is 629 g/mol. The number of phenols is 1. The van der Waals surface area contributed by atoms with Crippen LogP contribution in [0.3, 0.4) is 0 Å². The Kier molecular flexibility index (Phi) is 10.9. The van der Waals surface area contributed by atoms with Crippen LogP contribution < -0.4 is 4.74 Å². The Morgan fingerprint density at radius 3 is 2.04 bits per heavy atom. The van der Waals surface area contributed by atoms with Crippen molar-refractivity contribution in [3.63, 3.8) is 0 Å². The van der Waals surface area contributed by atoms with Crippen molar-refractivity contribution in [2.45, 2.75) is 44.9 Å². The van der Waals surface area contributed by atoms with Crippen LogP contribution in [0.5, 0.6) is 11.5 Å². The van der Waals surface area contributed by atoms with Gasteiger partial charge in [0.05, 0.1) is 5.56 Å². The number of carbonyl (C=O) groups is 1. The largest absolute Gasteiger partial charge is 0.503 e. The van der Waals surface area contributed by atoms with Gasteiger partial charge in [0, 0.05) is 12.0 Å². The summed E-state index contributed by atoms with van der Waals surface area (Å²) in [4.78, 5) is 10.9. The molecule has 45 heavy (non-hydrogen) atoms. The molecule has 0 aromatic heterocycles. The molecule has 4 aromatic carbocycles. The fraction of sp³-hybridized carbons (Fsp3) is 0.229. The summed E-state index contributed by atoms with van der Waals surface area (Å²) in [6.07, 6.45) is 0.572. The first-order valence-electron chi connectivity index (χ1n) is 14.1. The summed E-state index contributed by atoms with van der Waals surface area (Å²) in [6, 6.07) is 18.0. The average Bonchev–Trinajstić information content (AvgIpc) is 3.00. The maximum absolute atomic E-state index is 14.2. The van der Waals surface area contributed by atoms with Crippen molar-refractivity contribution in [1.82, 2.24) is 0 Å². The molecule has 0 saturated heterocycles. The SMILES string of the molecule is O=C(O)CCCCC(/C=C/c1cc(F)ccc1OCc1ccc(-c2ccc(C(F)(F)F)cc2)cc1)Cc1cc(F)c(O)c(F)c1. The van der Waals surface area contributed by atoms with Crippen LogP contribution in [0, 0.1) is 23.4 Å². The lowest BCUT2D eigenvalue weighted by molar-refractivity contribution is -0.138. The summed E-state index contributed by atoms with van der Waals surface area (Å²) in [5.41, 5.74) is 2.09. The highest BCUT2D eigenvalue weighted by molar-refractivity contribution is 5.66. The van der Waals surface area contributed by atoms with Crippen LogP contribution in [-0.2, 0) is 24.0 Å².